The van der Waals surface area contributed by atoms with Gasteiger partial charge in [0.2, 0.25) is 5.78 Å². The fourth-order valence-corrected chi connectivity index (χ4v) is 3.97. The lowest BCUT2D eigenvalue weighted by Gasteiger charge is -2.02. The lowest BCUT2D eigenvalue weighted by molar-refractivity contribution is 0.707. The van der Waals surface area contributed by atoms with Crippen molar-refractivity contribution in [2.24, 2.45) is 14.1 Å². The summed E-state index contributed by atoms with van der Waals surface area (Å²) in [6.45, 7) is 2.29. The van der Waals surface area contributed by atoms with Crippen LogP contribution in [0.5, 0.6) is 0 Å². The molecule has 3 aromatic heterocycles. The molecule has 160 valence electrons. The molecule has 0 saturated heterocycles. The predicted molar refractivity (Wildman–Crippen MR) is 123 cm³/mol. The molecule has 32 heavy (non-hydrogen) atoms. The van der Waals surface area contributed by atoms with Gasteiger partial charge in [-0.15, -0.1) is 0 Å². The Kier molecular flexibility index (Phi) is 4.44. The molecule has 0 aliphatic carbocycles. The second-order valence-electron chi connectivity index (χ2n) is 7.94. The first kappa shape index (κ1) is 19.7. The Bertz CT molecular complexity index is 1720. The van der Waals surface area contributed by atoms with Crippen molar-refractivity contribution >= 4 is 23.0 Å². The maximum Gasteiger partial charge on any atom is 0.332 e. The first-order valence-electron chi connectivity index (χ1n) is 10.2. The zero-order valence-electron chi connectivity index (χ0n) is 17.9. The molecule has 0 fully saturated rings. The Labute approximate surface area is 181 Å². The van der Waals surface area contributed by atoms with Crippen LogP contribution < -0.4 is 22.2 Å². The summed E-state index contributed by atoms with van der Waals surface area (Å²) in [6.07, 6.45) is 1.75. The van der Waals surface area contributed by atoms with Crippen molar-refractivity contribution in [1.82, 2.24) is 23.1 Å². The van der Waals surface area contributed by atoms with Crippen molar-refractivity contribution in [2.75, 3.05) is 0 Å². The molecular weight excluding hydrogens is 406 g/mol. The molecule has 0 N–H and O–H groups in total. The normalized spacial score (nSPS) is 12.3. The highest BCUT2D eigenvalue weighted by Crippen LogP contribution is 2.11. The van der Waals surface area contributed by atoms with Crippen LogP contribution in [0.4, 0.5) is 0 Å². The average Bonchev–Trinajstić information content (AvgIpc) is 3.30. The lowest BCUT2D eigenvalue weighted by Crippen LogP contribution is -2.39. The third-order valence-corrected chi connectivity index (χ3v) is 5.75. The van der Waals surface area contributed by atoms with E-state index in [-0.39, 0.29) is 16.7 Å². The summed E-state index contributed by atoms with van der Waals surface area (Å²) in [5, 5.41) is 0.318. The minimum atomic E-state index is -0.494. The SMILES string of the molecule is Cc1ccc(C=c2c(=O)n(Cc3ccccc3)c3nc4c(c(=O)n(C)c(=O)n4C)n23)cc1. The minimum absolute atomic E-state index is 0.201. The predicted octanol–water partition coefficient (Wildman–Crippen LogP) is 0.951. The van der Waals surface area contributed by atoms with Crippen molar-refractivity contribution in [2.45, 2.75) is 13.5 Å². The third-order valence-electron chi connectivity index (χ3n) is 5.75. The van der Waals surface area contributed by atoms with E-state index < -0.39 is 11.2 Å². The topological polar surface area (TPSA) is 83.3 Å². The van der Waals surface area contributed by atoms with Crippen molar-refractivity contribution < 1.29 is 0 Å². The van der Waals surface area contributed by atoms with Gasteiger partial charge in [0.25, 0.3) is 11.1 Å². The molecule has 0 aliphatic heterocycles. The maximum atomic E-state index is 13.5. The number of imidazole rings is 2. The lowest BCUT2D eigenvalue weighted by atomic mass is 10.1. The van der Waals surface area contributed by atoms with E-state index in [2.05, 4.69) is 4.98 Å². The van der Waals surface area contributed by atoms with Crippen LogP contribution in [0.15, 0.2) is 69.0 Å². The van der Waals surface area contributed by atoms with Crippen LogP contribution in [0, 0.1) is 6.92 Å². The van der Waals surface area contributed by atoms with E-state index >= 15 is 0 Å². The second kappa shape index (κ2) is 7.19. The summed E-state index contributed by atoms with van der Waals surface area (Å²) in [6, 6.07) is 17.3. The van der Waals surface area contributed by atoms with E-state index in [4.69, 9.17) is 0 Å². The number of fused-ring (bicyclic) bond motifs is 3. The van der Waals surface area contributed by atoms with Crippen LogP contribution in [-0.4, -0.2) is 23.1 Å². The van der Waals surface area contributed by atoms with Gasteiger partial charge in [-0.1, -0.05) is 60.2 Å². The minimum Gasteiger partial charge on any atom is -0.279 e. The molecule has 0 bridgehead atoms. The number of aryl methyl sites for hydroxylation is 2. The van der Waals surface area contributed by atoms with Gasteiger partial charge in [0.1, 0.15) is 5.35 Å². The molecule has 0 saturated carbocycles. The molecule has 8 nitrogen and oxygen atoms in total. The molecule has 0 radical (unpaired) electrons. The van der Waals surface area contributed by atoms with Crippen molar-refractivity contribution in [3.05, 3.63) is 108 Å². The molecule has 0 amide bonds. The fourth-order valence-electron chi connectivity index (χ4n) is 3.97. The summed E-state index contributed by atoms with van der Waals surface area (Å²) in [7, 11) is 2.99. The smallest absolute Gasteiger partial charge is 0.279 e. The van der Waals surface area contributed by atoms with Crippen LogP contribution in [0.1, 0.15) is 16.7 Å². The van der Waals surface area contributed by atoms with Gasteiger partial charge < -0.3 is 0 Å². The van der Waals surface area contributed by atoms with E-state index in [9.17, 15) is 14.4 Å². The standard InChI is InChI=1S/C24H21N5O3/c1-15-9-11-16(12-10-15)13-18-21(30)28(14-17-7-5-4-6-8-17)23-25-20-19(29(18)23)22(31)27(3)24(32)26(20)2/h4-13H,14H2,1-3H3. The number of hydrogen-bond donors (Lipinski definition) is 0. The van der Waals surface area contributed by atoms with Crippen LogP contribution in [-0.2, 0) is 20.6 Å². The molecule has 0 unspecified atom stereocenters. The zero-order chi connectivity index (χ0) is 22.6. The maximum absolute atomic E-state index is 13.5. The number of rotatable bonds is 3. The van der Waals surface area contributed by atoms with Gasteiger partial charge in [0.05, 0.1) is 6.54 Å². The van der Waals surface area contributed by atoms with Gasteiger partial charge in [0, 0.05) is 14.1 Å². The van der Waals surface area contributed by atoms with Gasteiger partial charge in [-0.25, -0.2) is 4.79 Å². The molecule has 5 rings (SSSR count). The van der Waals surface area contributed by atoms with Crippen LogP contribution >= 0.6 is 0 Å². The fraction of sp³-hybridized carbons (Fsp3) is 0.167. The Morgan fingerprint density at radius 3 is 2.25 bits per heavy atom. The van der Waals surface area contributed by atoms with Crippen LogP contribution in [0.2, 0.25) is 0 Å². The van der Waals surface area contributed by atoms with Gasteiger partial charge >= 0.3 is 5.69 Å². The van der Waals surface area contributed by atoms with Crippen molar-refractivity contribution in [3.8, 4) is 0 Å². The first-order chi connectivity index (χ1) is 15.4. The van der Waals surface area contributed by atoms with E-state index in [0.717, 1.165) is 21.3 Å². The van der Waals surface area contributed by atoms with E-state index in [1.807, 2.05) is 61.5 Å². The Balaban J connectivity index is 1.94. The summed E-state index contributed by atoms with van der Waals surface area (Å²) in [5.74, 6) is 0.325. The van der Waals surface area contributed by atoms with Gasteiger partial charge in [-0.05, 0) is 24.1 Å². The largest absolute Gasteiger partial charge is 0.332 e. The number of aromatic nitrogens is 5. The highest BCUT2D eigenvalue weighted by molar-refractivity contribution is 5.76. The Morgan fingerprint density at radius 2 is 1.56 bits per heavy atom. The molecule has 3 heterocycles. The summed E-state index contributed by atoms with van der Waals surface area (Å²) < 4.78 is 5.48. The van der Waals surface area contributed by atoms with Crippen LogP contribution in [0.3, 0.4) is 0 Å². The quantitative estimate of drug-likeness (QED) is 0.429. The molecule has 0 atom stereocenters. The summed E-state index contributed by atoms with van der Waals surface area (Å²) >= 11 is 0. The third kappa shape index (κ3) is 2.91. The molecule has 2 aromatic carbocycles. The van der Waals surface area contributed by atoms with E-state index in [1.54, 1.807) is 22.1 Å². The summed E-state index contributed by atoms with van der Waals surface area (Å²) in [4.78, 5) is 43.6. The monoisotopic (exact) mass is 427 g/mol. The van der Waals surface area contributed by atoms with Gasteiger partial charge in [-0.2, -0.15) is 4.98 Å². The average molecular weight is 427 g/mol. The summed E-state index contributed by atoms with van der Waals surface area (Å²) in [5.41, 5.74) is 2.09. The van der Waals surface area contributed by atoms with Crippen LogP contribution in [0.25, 0.3) is 23.0 Å². The molecule has 0 aliphatic rings. The molecular formula is C24H21N5O3. The zero-order valence-corrected chi connectivity index (χ0v) is 17.9. The van der Waals surface area contributed by atoms with Gasteiger partial charge in [-0.3, -0.25) is 27.7 Å². The van der Waals surface area contributed by atoms with E-state index in [0.29, 0.717) is 17.7 Å². The highest BCUT2D eigenvalue weighted by Gasteiger charge is 2.21. The van der Waals surface area contributed by atoms with Gasteiger partial charge in [0.15, 0.2) is 11.2 Å². The Morgan fingerprint density at radius 1 is 0.875 bits per heavy atom. The molecule has 0 spiro atoms. The first-order valence-corrected chi connectivity index (χ1v) is 10.2. The van der Waals surface area contributed by atoms with Crippen molar-refractivity contribution in [3.63, 3.8) is 0 Å². The number of hydrogen-bond acceptors (Lipinski definition) is 4. The second-order valence-corrected chi connectivity index (χ2v) is 7.94. The molecule has 8 heteroatoms. The van der Waals surface area contributed by atoms with Crippen molar-refractivity contribution in [1.29, 1.82) is 0 Å². The Hall–Kier alpha value is -4.20. The number of benzene rings is 2. The highest BCUT2D eigenvalue weighted by atomic mass is 16.2. The molecule has 5 aromatic rings. The van der Waals surface area contributed by atoms with E-state index in [1.165, 1.54) is 11.6 Å². The number of nitrogens with zero attached hydrogens (tertiary/aromatic N) is 5.